The minimum atomic E-state index is -0.528. The maximum Gasteiger partial charge on any atom is 0.276 e. The first kappa shape index (κ1) is 24.2. The molecular weight excluding hydrogens is 453 g/mol. The summed E-state index contributed by atoms with van der Waals surface area (Å²) in [6.45, 7) is 4.16. The van der Waals surface area contributed by atoms with Crippen LogP contribution in [0.1, 0.15) is 36.9 Å². The summed E-state index contributed by atoms with van der Waals surface area (Å²) >= 11 is 0. The number of nitrogens with zero attached hydrogens (tertiary/aromatic N) is 2. The van der Waals surface area contributed by atoms with Crippen molar-refractivity contribution in [2.24, 2.45) is 0 Å². The number of carbonyl (C=O) groups excluding carboxylic acids is 3. The van der Waals surface area contributed by atoms with Crippen LogP contribution in [0.2, 0.25) is 0 Å². The van der Waals surface area contributed by atoms with E-state index in [-0.39, 0.29) is 23.6 Å². The molecule has 10 heteroatoms. The lowest BCUT2D eigenvalue weighted by Gasteiger charge is -2.26. The Kier molecular flexibility index (Phi) is 7.96. The van der Waals surface area contributed by atoms with Crippen LogP contribution in [-0.2, 0) is 11.2 Å². The number of hydrogen-bond donors (Lipinski definition) is 3. The summed E-state index contributed by atoms with van der Waals surface area (Å²) in [5.41, 5.74) is 1.75. The molecule has 182 valence electrons. The number of imidazole rings is 1. The van der Waals surface area contributed by atoms with E-state index in [0.717, 1.165) is 18.7 Å². The molecule has 9 nitrogen and oxygen atoms in total. The number of ketones is 1. The molecule has 2 heterocycles. The number of H-pyrrole nitrogens is 1. The molecule has 4 rings (SSSR count). The van der Waals surface area contributed by atoms with Crippen molar-refractivity contribution in [2.75, 3.05) is 44.7 Å². The number of halogens is 1. The van der Waals surface area contributed by atoms with Crippen LogP contribution >= 0.6 is 0 Å². The summed E-state index contributed by atoms with van der Waals surface area (Å²) in [4.78, 5) is 46.6. The summed E-state index contributed by atoms with van der Waals surface area (Å²) in [7, 11) is 0. The number of Topliss-reactive ketones (excluding diaryl/α,β-unsaturated/α-hetero) is 1. The van der Waals surface area contributed by atoms with Gasteiger partial charge in [0.1, 0.15) is 11.5 Å². The third kappa shape index (κ3) is 6.58. The number of morpholine rings is 1. The molecule has 1 aromatic heterocycles. The predicted molar refractivity (Wildman–Crippen MR) is 127 cm³/mol. The van der Waals surface area contributed by atoms with E-state index in [1.54, 1.807) is 24.3 Å². The molecule has 3 aromatic rings. The Balaban J connectivity index is 1.30. The average Bonchev–Trinajstić information content (AvgIpc) is 3.37. The van der Waals surface area contributed by atoms with E-state index in [1.165, 1.54) is 30.6 Å². The van der Waals surface area contributed by atoms with E-state index < -0.39 is 17.6 Å². The Labute approximate surface area is 201 Å². The van der Waals surface area contributed by atoms with Crippen LogP contribution in [-0.4, -0.2) is 71.9 Å². The van der Waals surface area contributed by atoms with Crippen molar-refractivity contribution in [3.63, 3.8) is 0 Å². The van der Waals surface area contributed by atoms with Gasteiger partial charge in [-0.05, 0) is 42.0 Å². The Bertz CT molecular complexity index is 1170. The van der Waals surface area contributed by atoms with Crippen molar-refractivity contribution in [1.82, 2.24) is 20.2 Å². The lowest BCUT2D eigenvalue weighted by Crippen LogP contribution is -2.41. The van der Waals surface area contributed by atoms with Gasteiger partial charge in [-0.3, -0.25) is 19.3 Å². The first-order chi connectivity index (χ1) is 17.0. The number of benzene rings is 2. The van der Waals surface area contributed by atoms with Gasteiger partial charge in [-0.25, -0.2) is 9.37 Å². The molecule has 2 amide bonds. The SMILES string of the molecule is O=C(Cc1ccc(NC(=O)c2nc[nH]c2C(=O)NCCN2CCOCC2)cc1)c1ccc(F)cc1. The predicted octanol–water partition coefficient (Wildman–Crippen LogP) is 2.29. The molecule has 0 spiro atoms. The largest absolute Gasteiger partial charge is 0.379 e. The van der Waals surface area contributed by atoms with Gasteiger partial charge in [0.05, 0.1) is 19.5 Å². The molecule has 0 saturated carbocycles. The Hall–Kier alpha value is -3.89. The lowest BCUT2D eigenvalue weighted by atomic mass is 10.0. The maximum absolute atomic E-state index is 13.0. The second kappa shape index (κ2) is 11.5. The molecule has 35 heavy (non-hydrogen) atoms. The molecule has 1 fully saturated rings. The number of nitrogens with one attached hydrogen (secondary N) is 3. The average molecular weight is 480 g/mol. The van der Waals surface area contributed by atoms with Gasteiger partial charge in [0.2, 0.25) is 0 Å². The summed E-state index contributed by atoms with van der Waals surface area (Å²) in [6.07, 6.45) is 1.45. The van der Waals surface area contributed by atoms with E-state index in [1.807, 2.05) is 0 Å². The molecule has 3 N–H and O–H groups in total. The zero-order valence-corrected chi connectivity index (χ0v) is 19.1. The topological polar surface area (TPSA) is 116 Å². The second-order valence-corrected chi connectivity index (χ2v) is 8.09. The van der Waals surface area contributed by atoms with Gasteiger partial charge in [0.15, 0.2) is 11.5 Å². The number of anilines is 1. The summed E-state index contributed by atoms with van der Waals surface area (Å²) in [6, 6.07) is 12.2. The summed E-state index contributed by atoms with van der Waals surface area (Å²) in [5.74, 6) is -1.47. The number of aromatic nitrogens is 2. The highest BCUT2D eigenvalue weighted by atomic mass is 19.1. The van der Waals surface area contributed by atoms with Gasteiger partial charge in [0.25, 0.3) is 11.8 Å². The first-order valence-electron chi connectivity index (χ1n) is 11.3. The smallest absolute Gasteiger partial charge is 0.276 e. The van der Waals surface area contributed by atoms with Crippen molar-refractivity contribution in [3.05, 3.63) is 83.2 Å². The van der Waals surface area contributed by atoms with E-state index in [2.05, 4.69) is 25.5 Å². The van der Waals surface area contributed by atoms with Crippen LogP contribution in [0.5, 0.6) is 0 Å². The fraction of sp³-hybridized carbons (Fsp3) is 0.280. The van der Waals surface area contributed by atoms with Gasteiger partial charge < -0.3 is 20.4 Å². The minimum Gasteiger partial charge on any atom is -0.379 e. The maximum atomic E-state index is 13.0. The monoisotopic (exact) mass is 479 g/mol. The van der Waals surface area contributed by atoms with Gasteiger partial charge in [-0.15, -0.1) is 0 Å². The molecule has 0 bridgehead atoms. The van der Waals surface area contributed by atoms with Crippen LogP contribution < -0.4 is 10.6 Å². The molecular formula is C25H26FN5O4. The van der Waals surface area contributed by atoms with Crippen molar-refractivity contribution in [3.8, 4) is 0 Å². The van der Waals surface area contributed by atoms with Crippen molar-refractivity contribution >= 4 is 23.3 Å². The molecule has 0 unspecified atom stereocenters. The van der Waals surface area contributed by atoms with Crippen molar-refractivity contribution in [2.45, 2.75) is 6.42 Å². The van der Waals surface area contributed by atoms with Gasteiger partial charge in [-0.2, -0.15) is 0 Å². The van der Waals surface area contributed by atoms with Crippen molar-refractivity contribution < 1.29 is 23.5 Å². The third-order valence-electron chi connectivity index (χ3n) is 5.64. The molecule has 1 aliphatic heterocycles. The van der Waals surface area contributed by atoms with Crippen LogP contribution in [0.3, 0.4) is 0 Å². The number of rotatable bonds is 9. The van der Waals surface area contributed by atoms with E-state index in [9.17, 15) is 18.8 Å². The van der Waals surface area contributed by atoms with Crippen LogP contribution in [0, 0.1) is 5.82 Å². The quantitative estimate of drug-likeness (QED) is 0.406. The lowest BCUT2D eigenvalue weighted by molar-refractivity contribution is 0.0383. The van der Waals surface area contributed by atoms with Gasteiger partial charge in [-0.1, -0.05) is 12.1 Å². The van der Waals surface area contributed by atoms with E-state index >= 15 is 0 Å². The standard InChI is InChI=1S/C25H26FN5O4/c26-19-5-3-18(4-6-19)21(32)15-17-1-7-20(8-2-17)30-25(34)23-22(28-16-29-23)24(33)27-9-10-31-11-13-35-14-12-31/h1-8,16H,9-15H2,(H,27,33)(H,28,29)(H,30,34). The highest BCUT2D eigenvalue weighted by Gasteiger charge is 2.21. The van der Waals surface area contributed by atoms with Crippen LogP contribution in [0.25, 0.3) is 0 Å². The highest BCUT2D eigenvalue weighted by Crippen LogP contribution is 2.15. The number of ether oxygens (including phenoxy) is 1. The minimum absolute atomic E-state index is 0.00978. The molecule has 0 radical (unpaired) electrons. The van der Waals surface area contributed by atoms with Crippen molar-refractivity contribution in [1.29, 1.82) is 0 Å². The fourth-order valence-electron chi connectivity index (χ4n) is 3.70. The fourth-order valence-corrected chi connectivity index (χ4v) is 3.70. The molecule has 0 aliphatic carbocycles. The zero-order valence-electron chi connectivity index (χ0n) is 19.1. The third-order valence-corrected chi connectivity index (χ3v) is 5.64. The highest BCUT2D eigenvalue weighted by molar-refractivity contribution is 6.10. The number of amides is 2. The molecule has 1 aliphatic rings. The Morgan fingerprint density at radius 2 is 1.71 bits per heavy atom. The second-order valence-electron chi connectivity index (χ2n) is 8.09. The van der Waals surface area contributed by atoms with Gasteiger partial charge >= 0.3 is 0 Å². The first-order valence-corrected chi connectivity index (χ1v) is 11.3. The normalized spacial score (nSPS) is 13.9. The number of hydrogen-bond acceptors (Lipinski definition) is 6. The molecule has 0 atom stereocenters. The van der Waals surface area contributed by atoms with E-state index in [0.29, 0.717) is 37.6 Å². The molecule has 1 saturated heterocycles. The number of aromatic amines is 1. The Morgan fingerprint density at radius 1 is 1.00 bits per heavy atom. The summed E-state index contributed by atoms with van der Waals surface area (Å²) < 4.78 is 18.4. The zero-order chi connectivity index (χ0) is 24.6. The Morgan fingerprint density at radius 3 is 2.43 bits per heavy atom. The van der Waals surface area contributed by atoms with Crippen LogP contribution in [0.4, 0.5) is 10.1 Å². The van der Waals surface area contributed by atoms with Crippen LogP contribution in [0.15, 0.2) is 54.9 Å². The molecule has 2 aromatic carbocycles. The van der Waals surface area contributed by atoms with Gasteiger partial charge in [0, 0.05) is 43.9 Å². The van der Waals surface area contributed by atoms with E-state index in [4.69, 9.17) is 4.74 Å². The summed E-state index contributed by atoms with van der Waals surface area (Å²) in [5, 5.41) is 5.52. The number of carbonyl (C=O) groups is 3.